The summed E-state index contributed by atoms with van der Waals surface area (Å²) in [4.78, 5) is 40.7. The quantitative estimate of drug-likeness (QED) is 0.520. The fourth-order valence-corrected chi connectivity index (χ4v) is 4.77. The predicted molar refractivity (Wildman–Crippen MR) is 120 cm³/mol. The maximum Gasteiger partial charge on any atom is 0.287 e. The fraction of sp³-hybridized carbons (Fsp3) is 0.320. The normalized spacial score (nSPS) is 15.6. The summed E-state index contributed by atoms with van der Waals surface area (Å²) in [7, 11) is 0. The van der Waals surface area contributed by atoms with Gasteiger partial charge in [0, 0.05) is 6.54 Å². The number of amides is 3. The van der Waals surface area contributed by atoms with Gasteiger partial charge in [-0.15, -0.1) is 0 Å². The highest BCUT2D eigenvalue weighted by Crippen LogP contribution is 2.45. The van der Waals surface area contributed by atoms with Crippen LogP contribution in [-0.2, 0) is 21.7 Å². The molecule has 8 nitrogen and oxygen atoms in total. The van der Waals surface area contributed by atoms with E-state index in [9.17, 15) is 14.4 Å². The minimum absolute atomic E-state index is 0.0976. The van der Waals surface area contributed by atoms with Gasteiger partial charge in [0.1, 0.15) is 5.76 Å². The van der Waals surface area contributed by atoms with E-state index < -0.39 is 23.3 Å². The van der Waals surface area contributed by atoms with Crippen molar-refractivity contribution in [3.63, 3.8) is 0 Å². The van der Waals surface area contributed by atoms with E-state index in [0.717, 1.165) is 31.2 Å². The molecule has 0 bridgehead atoms. The summed E-state index contributed by atoms with van der Waals surface area (Å²) in [6, 6.07) is 15.8. The van der Waals surface area contributed by atoms with E-state index in [1.807, 2.05) is 30.3 Å². The lowest BCUT2D eigenvalue weighted by atomic mass is 9.77. The molecule has 0 radical (unpaired) electrons. The van der Waals surface area contributed by atoms with Crippen molar-refractivity contribution < 1.29 is 23.2 Å². The molecule has 1 aromatic carbocycles. The van der Waals surface area contributed by atoms with E-state index >= 15 is 0 Å². The molecule has 0 spiro atoms. The van der Waals surface area contributed by atoms with Crippen LogP contribution in [0.5, 0.6) is 0 Å². The van der Waals surface area contributed by atoms with Crippen molar-refractivity contribution in [2.75, 3.05) is 6.54 Å². The Morgan fingerprint density at radius 3 is 2.27 bits per heavy atom. The molecule has 1 aliphatic rings. The smallest absolute Gasteiger partial charge is 0.287 e. The van der Waals surface area contributed by atoms with Crippen LogP contribution in [0, 0.1) is 5.92 Å². The van der Waals surface area contributed by atoms with Crippen LogP contribution in [0.25, 0.3) is 0 Å². The summed E-state index contributed by atoms with van der Waals surface area (Å²) in [6.07, 6.45) is 6.20. The number of hydrogen-bond acceptors (Lipinski definition) is 5. The number of carbonyl (C=O) groups excluding carboxylic acids is 3. The molecular formula is C25H27N3O5. The Morgan fingerprint density at radius 1 is 0.970 bits per heavy atom. The second kappa shape index (κ2) is 9.77. The molecule has 3 aromatic rings. The Kier molecular flexibility index (Phi) is 6.63. The highest BCUT2D eigenvalue weighted by Gasteiger charge is 2.55. The molecular weight excluding hydrogens is 422 g/mol. The first-order valence-electron chi connectivity index (χ1n) is 11.0. The van der Waals surface area contributed by atoms with Crippen LogP contribution in [0.1, 0.15) is 47.6 Å². The first-order valence-corrected chi connectivity index (χ1v) is 11.0. The Labute approximate surface area is 191 Å². The topological polar surface area (TPSA) is 119 Å². The number of primary amides is 1. The van der Waals surface area contributed by atoms with Crippen LogP contribution in [0.3, 0.4) is 0 Å². The maximum absolute atomic E-state index is 13.7. The number of nitrogens with zero attached hydrogens (tertiary/aromatic N) is 1. The van der Waals surface area contributed by atoms with Crippen molar-refractivity contribution in [1.29, 1.82) is 0 Å². The second-order valence-corrected chi connectivity index (χ2v) is 8.21. The van der Waals surface area contributed by atoms with E-state index in [-0.39, 0.29) is 24.8 Å². The Morgan fingerprint density at radius 2 is 1.67 bits per heavy atom. The van der Waals surface area contributed by atoms with Gasteiger partial charge >= 0.3 is 0 Å². The van der Waals surface area contributed by atoms with E-state index in [4.69, 9.17) is 14.6 Å². The monoisotopic (exact) mass is 449 g/mol. The third-order valence-corrected chi connectivity index (χ3v) is 6.27. The van der Waals surface area contributed by atoms with E-state index in [1.165, 1.54) is 23.5 Å². The molecule has 2 heterocycles. The molecule has 4 rings (SSSR count). The molecule has 0 aliphatic heterocycles. The van der Waals surface area contributed by atoms with Crippen molar-refractivity contribution in [3.8, 4) is 0 Å². The van der Waals surface area contributed by atoms with Crippen LogP contribution < -0.4 is 11.1 Å². The fourth-order valence-electron chi connectivity index (χ4n) is 4.77. The molecule has 8 heteroatoms. The number of nitrogens with one attached hydrogen (secondary N) is 1. The molecule has 1 saturated carbocycles. The zero-order chi connectivity index (χ0) is 23.3. The van der Waals surface area contributed by atoms with Gasteiger partial charge in [-0.1, -0.05) is 43.2 Å². The summed E-state index contributed by atoms with van der Waals surface area (Å²) in [6.45, 7) is -0.189. The standard InChI is InChI=1S/C25H27N3O5/c26-24(31)25(19-10-4-5-11-19,21-13-7-15-33-21)28(17-18-8-2-1-3-9-18)22(29)16-27-23(30)20-12-6-14-32-20/h1-3,6-9,12-15,19H,4-5,10-11,16-17H2,(H2,26,31)(H,27,30). The van der Waals surface area contributed by atoms with Crippen LogP contribution in [-0.4, -0.2) is 29.2 Å². The van der Waals surface area contributed by atoms with Gasteiger partial charge in [-0.2, -0.15) is 0 Å². The highest BCUT2D eigenvalue weighted by atomic mass is 16.3. The average Bonchev–Trinajstić information content (AvgIpc) is 3.61. The molecule has 1 unspecified atom stereocenters. The number of furan rings is 2. The van der Waals surface area contributed by atoms with Gasteiger partial charge in [0.05, 0.1) is 19.1 Å². The van der Waals surface area contributed by atoms with Crippen LogP contribution in [0.2, 0.25) is 0 Å². The minimum Gasteiger partial charge on any atom is -0.466 e. The summed E-state index contributed by atoms with van der Waals surface area (Å²) < 4.78 is 10.8. The van der Waals surface area contributed by atoms with E-state index in [1.54, 1.807) is 18.2 Å². The molecule has 33 heavy (non-hydrogen) atoms. The first kappa shape index (κ1) is 22.4. The Bertz CT molecular complexity index is 1070. The van der Waals surface area contributed by atoms with Gasteiger partial charge in [0.15, 0.2) is 11.3 Å². The van der Waals surface area contributed by atoms with Crippen LogP contribution >= 0.6 is 0 Å². The maximum atomic E-state index is 13.7. The summed E-state index contributed by atoms with van der Waals surface area (Å²) in [5, 5.41) is 2.59. The summed E-state index contributed by atoms with van der Waals surface area (Å²) >= 11 is 0. The third-order valence-electron chi connectivity index (χ3n) is 6.27. The first-order chi connectivity index (χ1) is 16.0. The number of nitrogens with two attached hydrogens (primary N) is 1. The van der Waals surface area contributed by atoms with Crippen molar-refractivity contribution in [2.24, 2.45) is 11.7 Å². The Balaban J connectivity index is 1.73. The minimum atomic E-state index is -1.47. The lowest BCUT2D eigenvalue weighted by molar-refractivity contribution is -0.153. The lowest BCUT2D eigenvalue weighted by Gasteiger charge is -2.44. The van der Waals surface area contributed by atoms with Crippen LogP contribution in [0.4, 0.5) is 0 Å². The van der Waals surface area contributed by atoms with E-state index in [2.05, 4.69) is 5.32 Å². The summed E-state index contributed by atoms with van der Waals surface area (Å²) in [5.74, 6) is -1.37. The number of hydrogen-bond donors (Lipinski definition) is 2. The van der Waals surface area contributed by atoms with Crippen molar-refractivity contribution in [2.45, 2.75) is 37.8 Å². The molecule has 172 valence electrons. The van der Waals surface area contributed by atoms with Gasteiger partial charge < -0.3 is 24.8 Å². The third kappa shape index (κ3) is 4.41. The van der Waals surface area contributed by atoms with E-state index in [0.29, 0.717) is 5.76 Å². The largest absolute Gasteiger partial charge is 0.466 e. The zero-order valence-corrected chi connectivity index (χ0v) is 18.2. The lowest BCUT2D eigenvalue weighted by Crippen LogP contribution is -2.61. The molecule has 3 N–H and O–H groups in total. The predicted octanol–water partition coefficient (Wildman–Crippen LogP) is 3.20. The van der Waals surface area contributed by atoms with Gasteiger partial charge in [-0.25, -0.2) is 0 Å². The molecule has 0 saturated heterocycles. The Hall–Kier alpha value is -3.81. The highest BCUT2D eigenvalue weighted by molar-refractivity contribution is 5.96. The molecule has 1 fully saturated rings. The average molecular weight is 450 g/mol. The molecule has 3 amide bonds. The second-order valence-electron chi connectivity index (χ2n) is 8.21. The molecule has 2 aromatic heterocycles. The van der Waals surface area contributed by atoms with Gasteiger partial charge in [0.2, 0.25) is 5.91 Å². The SMILES string of the molecule is NC(=O)C(c1ccco1)(C1CCCC1)N(Cc1ccccc1)C(=O)CNC(=O)c1ccco1. The van der Waals surface area contributed by atoms with Gasteiger partial charge in [-0.3, -0.25) is 14.4 Å². The summed E-state index contributed by atoms with van der Waals surface area (Å²) in [5.41, 5.74) is 5.43. The van der Waals surface area contributed by atoms with Crippen LogP contribution in [0.15, 0.2) is 76.0 Å². The molecule has 1 aliphatic carbocycles. The van der Waals surface area contributed by atoms with Gasteiger partial charge in [-0.05, 0) is 48.6 Å². The zero-order valence-electron chi connectivity index (χ0n) is 18.2. The van der Waals surface area contributed by atoms with Crippen molar-refractivity contribution >= 4 is 17.7 Å². The number of carbonyl (C=O) groups is 3. The van der Waals surface area contributed by atoms with Crippen molar-refractivity contribution in [1.82, 2.24) is 10.2 Å². The van der Waals surface area contributed by atoms with Gasteiger partial charge in [0.25, 0.3) is 11.8 Å². The molecule has 1 atom stereocenters. The number of benzene rings is 1. The van der Waals surface area contributed by atoms with Crippen molar-refractivity contribution in [3.05, 3.63) is 84.2 Å². The number of rotatable bonds is 9.